The Morgan fingerprint density at radius 1 is 1.16 bits per heavy atom. The molecule has 1 N–H and O–H groups in total. The average Bonchev–Trinajstić information content (AvgIpc) is 3.21. The van der Waals surface area contributed by atoms with E-state index >= 15 is 0 Å². The van der Waals surface area contributed by atoms with Crippen LogP contribution in [0.15, 0.2) is 67.3 Å². The summed E-state index contributed by atoms with van der Waals surface area (Å²) in [6, 6.07) is 13.4. The first-order valence-corrected chi connectivity index (χ1v) is 8.00. The summed E-state index contributed by atoms with van der Waals surface area (Å²) in [5, 5.41) is 7.17. The lowest BCUT2D eigenvalue weighted by Crippen LogP contribution is -2.11. The number of hydrogen-bond donors (Lipinski definition) is 1. The fraction of sp³-hybridized carbons (Fsp3) is 0.105. The van der Waals surface area contributed by atoms with Crippen molar-refractivity contribution in [3.05, 3.63) is 84.1 Å². The Morgan fingerprint density at radius 2 is 2.08 bits per heavy atom. The summed E-state index contributed by atoms with van der Waals surface area (Å²) in [4.78, 5) is 16.8. The van der Waals surface area contributed by atoms with Crippen LogP contribution in [0.2, 0.25) is 0 Å². The number of fused-ring (bicyclic) bond motifs is 1. The van der Waals surface area contributed by atoms with Gasteiger partial charge in [-0.25, -0.2) is 4.98 Å². The van der Waals surface area contributed by atoms with Crippen LogP contribution in [-0.2, 0) is 6.54 Å². The lowest BCUT2D eigenvalue weighted by molar-refractivity contribution is 0.102. The SMILES string of the molecule is Cc1cccc(C(=O)Nc2cnn(Cc3cn4ccccc4n3)c2)c1. The zero-order chi connectivity index (χ0) is 17.2. The maximum Gasteiger partial charge on any atom is 0.255 e. The minimum atomic E-state index is -0.143. The van der Waals surface area contributed by atoms with Gasteiger partial charge in [0.15, 0.2) is 0 Å². The molecule has 1 aromatic carbocycles. The molecule has 0 saturated heterocycles. The molecule has 0 aliphatic carbocycles. The van der Waals surface area contributed by atoms with Gasteiger partial charge in [-0.3, -0.25) is 9.48 Å². The Labute approximate surface area is 144 Å². The molecule has 6 nitrogen and oxygen atoms in total. The van der Waals surface area contributed by atoms with Gasteiger partial charge < -0.3 is 9.72 Å². The van der Waals surface area contributed by atoms with Crippen molar-refractivity contribution in [2.24, 2.45) is 0 Å². The van der Waals surface area contributed by atoms with Crippen LogP contribution in [0.5, 0.6) is 0 Å². The van der Waals surface area contributed by atoms with Gasteiger partial charge in [-0.1, -0.05) is 23.8 Å². The molecule has 6 heteroatoms. The first-order valence-electron chi connectivity index (χ1n) is 8.00. The molecular formula is C19H17N5O. The van der Waals surface area contributed by atoms with E-state index < -0.39 is 0 Å². The number of amides is 1. The van der Waals surface area contributed by atoms with Crippen molar-refractivity contribution in [3.8, 4) is 0 Å². The second-order valence-corrected chi connectivity index (χ2v) is 5.95. The third kappa shape index (κ3) is 3.28. The molecule has 0 bridgehead atoms. The monoisotopic (exact) mass is 331 g/mol. The Kier molecular flexibility index (Phi) is 3.78. The summed E-state index contributed by atoms with van der Waals surface area (Å²) >= 11 is 0. The second-order valence-electron chi connectivity index (χ2n) is 5.95. The predicted octanol–water partition coefficient (Wildman–Crippen LogP) is 3.14. The van der Waals surface area contributed by atoms with Gasteiger partial charge in [0.1, 0.15) is 5.65 Å². The quantitative estimate of drug-likeness (QED) is 0.625. The van der Waals surface area contributed by atoms with E-state index in [4.69, 9.17) is 0 Å². The van der Waals surface area contributed by atoms with E-state index in [1.54, 1.807) is 23.1 Å². The number of aryl methyl sites for hydroxylation is 1. The van der Waals surface area contributed by atoms with Crippen LogP contribution >= 0.6 is 0 Å². The van der Waals surface area contributed by atoms with Crippen molar-refractivity contribution in [3.63, 3.8) is 0 Å². The molecule has 124 valence electrons. The van der Waals surface area contributed by atoms with Crippen molar-refractivity contribution in [2.75, 3.05) is 5.32 Å². The molecule has 0 unspecified atom stereocenters. The van der Waals surface area contributed by atoms with Gasteiger partial charge in [-0.05, 0) is 31.2 Å². The minimum absolute atomic E-state index is 0.143. The van der Waals surface area contributed by atoms with E-state index in [0.717, 1.165) is 16.9 Å². The molecule has 0 aliphatic rings. The number of rotatable bonds is 4. The number of carbonyl (C=O) groups excluding carboxylic acids is 1. The molecule has 25 heavy (non-hydrogen) atoms. The Morgan fingerprint density at radius 3 is 2.92 bits per heavy atom. The normalized spacial score (nSPS) is 10.9. The van der Waals surface area contributed by atoms with Crippen molar-refractivity contribution in [1.82, 2.24) is 19.2 Å². The Hall–Kier alpha value is -3.41. The Balaban J connectivity index is 1.47. The maximum atomic E-state index is 12.3. The van der Waals surface area contributed by atoms with E-state index in [1.807, 2.05) is 60.1 Å². The van der Waals surface area contributed by atoms with Crippen molar-refractivity contribution in [2.45, 2.75) is 13.5 Å². The lowest BCUT2D eigenvalue weighted by Gasteiger charge is -2.03. The van der Waals surface area contributed by atoms with Crippen molar-refractivity contribution in [1.29, 1.82) is 0 Å². The highest BCUT2D eigenvalue weighted by molar-refractivity contribution is 6.04. The molecule has 0 spiro atoms. The van der Waals surface area contributed by atoms with E-state index in [2.05, 4.69) is 15.4 Å². The fourth-order valence-corrected chi connectivity index (χ4v) is 2.73. The molecule has 0 radical (unpaired) electrons. The third-order valence-corrected chi connectivity index (χ3v) is 3.91. The average molecular weight is 331 g/mol. The highest BCUT2D eigenvalue weighted by Crippen LogP contribution is 2.12. The third-order valence-electron chi connectivity index (χ3n) is 3.91. The first-order chi connectivity index (χ1) is 12.2. The van der Waals surface area contributed by atoms with Crippen molar-refractivity contribution < 1.29 is 4.79 Å². The number of benzene rings is 1. The van der Waals surface area contributed by atoms with Gasteiger partial charge in [0.25, 0.3) is 5.91 Å². The Bertz CT molecular complexity index is 1010. The molecule has 4 aromatic rings. The smallest absolute Gasteiger partial charge is 0.255 e. The second kappa shape index (κ2) is 6.24. The van der Waals surface area contributed by atoms with Crippen LogP contribution in [0.25, 0.3) is 5.65 Å². The highest BCUT2D eigenvalue weighted by atomic mass is 16.1. The lowest BCUT2D eigenvalue weighted by atomic mass is 10.1. The highest BCUT2D eigenvalue weighted by Gasteiger charge is 2.08. The number of carbonyl (C=O) groups is 1. The van der Waals surface area contributed by atoms with Gasteiger partial charge in [-0.2, -0.15) is 5.10 Å². The van der Waals surface area contributed by atoms with Gasteiger partial charge in [0, 0.05) is 24.2 Å². The number of anilines is 1. The summed E-state index contributed by atoms with van der Waals surface area (Å²) in [6.07, 6.45) is 7.38. The summed E-state index contributed by atoms with van der Waals surface area (Å²) in [5.74, 6) is -0.143. The fourth-order valence-electron chi connectivity index (χ4n) is 2.73. The van der Waals surface area contributed by atoms with Crippen LogP contribution in [-0.4, -0.2) is 25.1 Å². The number of aromatic nitrogens is 4. The van der Waals surface area contributed by atoms with Crippen LogP contribution in [0, 0.1) is 6.92 Å². The molecule has 0 fully saturated rings. The summed E-state index contributed by atoms with van der Waals surface area (Å²) in [7, 11) is 0. The van der Waals surface area contributed by atoms with E-state index in [1.165, 1.54) is 0 Å². The first kappa shape index (κ1) is 15.1. The van der Waals surface area contributed by atoms with Crippen LogP contribution in [0.3, 0.4) is 0 Å². The van der Waals surface area contributed by atoms with Crippen molar-refractivity contribution >= 4 is 17.2 Å². The zero-order valence-electron chi connectivity index (χ0n) is 13.8. The number of imidazole rings is 1. The van der Waals surface area contributed by atoms with Gasteiger partial charge in [0.05, 0.1) is 24.1 Å². The predicted molar refractivity (Wildman–Crippen MR) is 95.7 cm³/mol. The van der Waals surface area contributed by atoms with Crippen LogP contribution in [0.4, 0.5) is 5.69 Å². The number of nitrogens with zero attached hydrogens (tertiary/aromatic N) is 4. The van der Waals surface area contributed by atoms with E-state index in [0.29, 0.717) is 17.8 Å². The number of pyridine rings is 1. The van der Waals surface area contributed by atoms with Gasteiger partial charge >= 0.3 is 0 Å². The molecular weight excluding hydrogens is 314 g/mol. The van der Waals surface area contributed by atoms with E-state index in [9.17, 15) is 4.79 Å². The molecule has 1 amide bonds. The topological polar surface area (TPSA) is 64.2 Å². The molecule has 0 atom stereocenters. The molecule has 0 aliphatic heterocycles. The minimum Gasteiger partial charge on any atom is -0.319 e. The molecule has 4 rings (SSSR count). The zero-order valence-corrected chi connectivity index (χ0v) is 13.8. The van der Waals surface area contributed by atoms with Crippen LogP contribution in [0.1, 0.15) is 21.6 Å². The molecule has 0 saturated carbocycles. The molecule has 3 aromatic heterocycles. The molecule has 3 heterocycles. The summed E-state index contributed by atoms with van der Waals surface area (Å²) in [5.41, 5.74) is 4.15. The van der Waals surface area contributed by atoms with Gasteiger partial charge in [-0.15, -0.1) is 0 Å². The van der Waals surface area contributed by atoms with Gasteiger partial charge in [0.2, 0.25) is 0 Å². The summed E-state index contributed by atoms with van der Waals surface area (Å²) < 4.78 is 3.73. The number of nitrogens with one attached hydrogen (secondary N) is 1. The maximum absolute atomic E-state index is 12.3. The van der Waals surface area contributed by atoms with Crippen LogP contribution < -0.4 is 5.32 Å². The van der Waals surface area contributed by atoms with E-state index in [-0.39, 0.29) is 5.91 Å². The standard InChI is InChI=1S/C19H17N5O/c1-14-5-4-6-15(9-14)19(25)22-16-10-20-24(12-16)13-17-11-23-8-3-2-7-18(23)21-17/h2-12H,13H2,1H3,(H,22,25). The summed E-state index contributed by atoms with van der Waals surface area (Å²) in [6.45, 7) is 2.51. The largest absolute Gasteiger partial charge is 0.319 e. The number of hydrogen-bond acceptors (Lipinski definition) is 3.